The Morgan fingerprint density at radius 1 is 1.22 bits per heavy atom. The molecule has 0 spiro atoms. The van der Waals surface area contributed by atoms with Crippen molar-refractivity contribution in [3.8, 4) is 0 Å². The molecule has 2 fully saturated rings. The van der Waals surface area contributed by atoms with Gasteiger partial charge in [0.15, 0.2) is 5.82 Å². The molecule has 1 amide bonds. The van der Waals surface area contributed by atoms with Crippen LogP contribution in [0.5, 0.6) is 0 Å². The third-order valence-corrected chi connectivity index (χ3v) is 6.66. The van der Waals surface area contributed by atoms with Crippen LogP contribution in [0.15, 0.2) is 4.52 Å². The molecule has 0 aliphatic carbocycles. The number of likely N-dealkylation sites (N-methyl/N-ethyl adjacent to an activating group) is 1. The standard InChI is InChI=1S/C17H29N5O4S/c1-20(27(2,24)25)10-7-15-18-17(26-19-15)14-11-22(12-14)16(23)13-21-8-5-3-4-6-9-21/h14H,3-13H2,1-2H3. The second kappa shape index (κ2) is 8.66. The van der Waals surface area contributed by atoms with Crippen molar-refractivity contribution < 1.29 is 17.7 Å². The predicted molar refractivity (Wildman–Crippen MR) is 99.7 cm³/mol. The summed E-state index contributed by atoms with van der Waals surface area (Å²) < 4.78 is 29.4. The number of amides is 1. The van der Waals surface area contributed by atoms with Gasteiger partial charge >= 0.3 is 0 Å². The van der Waals surface area contributed by atoms with E-state index in [1.807, 2.05) is 4.90 Å². The molecule has 1 aromatic heterocycles. The molecule has 10 heteroatoms. The van der Waals surface area contributed by atoms with Crippen LogP contribution in [0.4, 0.5) is 0 Å². The van der Waals surface area contributed by atoms with Crippen LogP contribution in [0.1, 0.15) is 43.3 Å². The fourth-order valence-corrected chi connectivity index (χ4v) is 3.81. The number of carbonyl (C=O) groups excluding carboxylic acids is 1. The molecule has 2 saturated heterocycles. The normalized spacial score (nSPS) is 19.9. The fraction of sp³-hybridized carbons (Fsp3) is 0.824. The topological polar surface area (TPSA) is 99.8 Å². The number of hydrogen-bond acceptors (Lipinski definition) is 7. The summed E-state index contributed by atoms with van der Waals surface area (Å²) in [6, 6.07) is 0. The van der Waals surface area contributed by atoms with Crippen LogP contribution in [-0.4, -0.2) is 91.1 Å². The predicted octanol–water partition coefficient (Wildman–Crippen LogP) is 0.305. The van der Waals surface area contributed by atoms with E-state index < -0.39 is 10.0 Å². The van der Waals surface area contributed by atoms with Gasteiger partial charge in [0, 0.05) is 33.1 Å². The Morgan fingerprint density at radius 3 is 2.52 bits per heavy atom. The first-order chi connectivity index (χ1) is 12.8. The summed E-state index contributed by atoms with van der Waals surface area (Å²) >= 11 is 0. The van der Waals surface area contributed by atoms with Crippen LogP contribution in [0, 0.1) is 0 Å². The number of sulfonamides is 1. The minimum atomic E-state index is -3.21. The number of rotatable bonds is 7. The first-order valence-corrected chi connectivity index (χ1v) is 11.4. The first kappa shape index (κ1) is 20.2. The van der Waals surface area contributed by atoms with Gasteiger partial charge in [-0.1, -0.05) is 18.0 Å². The molecule has 0 aromatic carbocycles. The zero-order valence-corrected chi connectivity index (χ0v) is 16.9. The van der Waals surface area contributed by atoms with E-state index in [9.17, 15) is 13.2 Å². The fourth-order valence-electron chi connectivity index (χ4n) is 3.38. The van der Waals surface area contributed by atoms with Crippen molar-refractivity contribution in [1.82, 2.24) is 24.2 Å². The van der Waals surface area contributed by atoms with E-state index in [1.165, 1.54) is 43.3 Å². The second-order valence-corrected chi connectivity index (χ2v) is 9.66. The maximum absolute atomic E-state index is 12.4. The SMILES string of the molecule is CN(CCc1noc(C2CN(C(=O)CN3CCCCCC3)C2)n1)S(C)(=O)=O. The van der Waals surface area contributed by atoms with E-state index in [2.05, 4.69) is 15.0 Å². The molecule has 3 heterocycles. The average molecular weight is 400 g/mol. The number of aromatic nitrogens is 2. The van der Waals surface area contributed by atoms with E-state index >= 15 is 0 Å². The Hall–Kier alpha value is -1.52. The highest BCUT2D eigenvalue weighted by atomic mass is 32.2. The maximum Gasteiger partial charge on any atom is 0.236 e. The van der Waals surface area contributed by atoms with Gasteiger partial charge in [0.1, 0.15) is 0 Å². The van der Waals surface area contributed by atoms with Crippen LogP contribution in [0.25, 0.3) is 0 Å². The quantitative estimate of drug-likeness (QED) is 0.650. The largest absolute Gasteiger partial charge is 0.340 e. The second-order valence-electron chi connectivity index (χ2n) is 7.57. The van der Waals surface area contributed by atoms with Crippen molar-refractivity contribution in [3.05, 3.63) is 11.7 Å². The Kier molecular flexibility index (Phi) is 6.48. The molecule has 0 unspecified atom stereocenters. The zero-order valence-electron chi connectivity index (χ0n) is 16.1. The molecule has 0 atom stereocenters. The van der Waals surface area contributed by atoms with Crippen LogP contribution < -0.4 is 0 Å². The lowest BCUT2D eigenvalue weighted by molar-refractivity contribution is -0.137. The van der Waals surface area contributed by atoms with Gasteiger partial charge in [-0.05, 0) is 25.9 Å². The Bertz CT molecular complexity index is 736. The number of hydrogen-bond donors (Lipinski definition) is 0. The minimum absolute atomic E-state index is 0.0759. The highest BCUT2D eigenvalue weighted by molar-refractivity contribution is 7.88. The molecule has 1 aromatic rings. The van der Waals surface area contributed by atoms with Gasteiger partial charge in [-0.2, -0.15) is 4.98 Å². The molecule has 0 N–H and O–H groups in total. The van der Waals surface area contributed by atoms with E-state index in [-0.39, 0.29) is 11.8 Å². The van der Waals surface area contributed by atoms with Gasteiger partial charge in [-0.3, -0.25) is 9.69 Å². The minimum Gasteiger partial charge on any atom is -0.340 e. The number of carbonyl (C=O) groups is 1. The smallest absolute Gasteiger partial charge is 0.236 e. The third-order valence-electron chi connectivity index (χ3n) is 5.34. The summed E-state index contributed by atoms with van der Waals surface area (Å²) in [5, 5.41) is 3.93. The average Bonchev–Trinajstić information content (AvgIpc) is 2.86. The maximum atomic E-state index is 12.4. The summed E-state index contributed by atoms with van der Waals surface area (Å²) in [6.45, 7) is 4.05. The molecule has 3 rings (SSSR count). The molecular weight excluding hydrogens is 370 g/mol. The lowest BCUT2D eigenvalue weighted by Crippen LogP contribution is -2.52. The molecular formula is C17H29N5O4S. The molecule has 2 aliphatic rings. The first-order valence-electron chi connectivity index (χ1n) is 9.57. The van der Waals surface area contributed by atoms with E-state index in [0.717, 1.165) is 13.1 Å². The highest BCUT2D eigenvalue weighted by Gasteiger charge is 2.36. The zero-order chi connectivity index (χ0) is 19.4. The van der Waals surface area contributed by atoms with Crippen molar-refractivity contribution >= 4 is 15.9 Å². The lowest BCUT2D eigenvalue weighted by Gasteiger charge is -2.38. The Labute approximate surface area is 160 Å². The lowest BCUT2D eigenvalue weighted by atomic mass is 10.00. The third kappa shape index (κ3) is 5.49. The van der Waals surface area contributed by atoms with Crippen molar-refractivity contribution in [3.63, 3.8) is 0 Å². The Balaban J connectivity index is 1.43. The van der Waals surface area contributed by atoms with Gasteiger partial charge < -0.3 is 9.42 Å². The van der Waals surface area contributed by atoms with Gasteiger partial charge in [0.25, 0.3) is 0 Å². The van der Waals surface area contributed by atoms with E-state index in [4.69, 9.17) is 4.52 Å². The number of nitrogens with zero attached hydrogens (tertiary/aromatic N) is 5. The molecule has 9 nitrogen and oxygen atoms in total. The van der Waals surface area contributed by atoms with Crippen LogP contribution in [0.2, 0.25) is 0 Å². The molecule has 152 valence electrons. The van der Waals surface area contributed by atoms with E-state index in [0.29, 0.717) is 44.3 Å². The van der Waals surface area contributed by atoms with Gasteiger partial charge in [0.05, 0.1) is 18.7 Å². The summed E-state index contributed by atoms with van der Waals surface area (Å²) in [5.74, 6) is 1.27. The van der Waals surface area contributed by atoms with Crippen LogP contribution >= 0.6 is 0 Å². The van der Waals surface area contributed by atoms with Crippen LogP contribution in [-0.2, 0) is 21.2 Å². The molecule has 0 bridgehead atoms. The van der Waals surface area contributed by atoms with E-state index in [1.54, 1.807) is 0 Å². The summed E-state index contributed by atoms with van der Waals surface area (Å²) in [5.41, 5.74) is 0. The molecule has 27 heavy (non-hydrogen) atoms. The summed E-state index contributed by atoms with van der Waals surface area (Å²) in [6.07, 6.45) is 6.44. The highest BCUT2D eigenvalue weighted by Crippen LogP contribution is 2.26. The molecule has 2 aliphatic heterocycles. The van der Waals surface area contributed by atoms with Crippen molar-refractivity contribution in [2.75, 3.05) is 52.6 Å². The summed E-state index contributed by atoms with van der Waals surface area (Å²) in [7, 11) is -1.68. The van der Waals surface area contributed by atoms with Crippen molar-refractivity contribution in [1.29, 1.82) is 0 Å². The van der Waals surface area contributed by atoms with Crippen molar-refractivity contribution in [2.45, 2.75) is 38.0 Å². The van der Waals surface area contributed by atoms with Crippen molar-refractivity contribution in [2.24, 2.45) is 0 Å². The Morgan fingerprint density at radius 2 is 1.89 bits per heavy atom. The number of likely N-dealkylation sites (tertiary alicyclic amines) is 2. The van der Waals surface area contributed by atoms with Gasteiger partial charge in [-0.25, -0.2) is 12.7 Å². The molecule has 0 saturated carbocycles. The van der Waals surface area contributed by atoms with Gasteiger partial charge in [0.2, 0.25) is 21.8 Å². The monoisotopic (exact) mass is 399 g/mol. The molecule has 0 radical (unpaired) electrons. The van der Waals surface area contributed by atoms with Gasteiger partial charge in [-0.15, -0.1) is 0 Å². The summed E-state index contributed by atoms with van der Waals surface area (Å²) in [4.78, 5) is 20.9. The van der Waals surface area contributed by atoms with Crippen LogP contribution in [0.3, 0.4) is 0 Å².